The molecule has 0 saturated carbocycles. The Morgan fingerprint density at radius 2 is 1.03 bits per heavy atom. The van der Waals surface area contributed by atoms with Crippen molar-refractivity contribution in [2.45, 2.75) is 6.42 Å². The van der Waals surface area contributed by atoms with Crippen LogP contribution in [0.3, 0.4) is 0 Å². The monoisotopic (exact) mass is 791 g/mol. The van der Waals surface area contributed by atoms with E-state index in [9.17, 15) is 0 Å². The Kier molecular flexibility index (Phi) is 7.66. The molecular formula is C57H37N5. The van der Waals surface area contributed by atoms with Crippen LogP contribution in [0, 0.1) is 5.92 Å². The third-order valence-corrected chi connectivity index (χ3v) is 12.8. The van der Waals surface area contributed by atoms with Gasteiger partial charge in [0, 0.05) is 50.0 Å². The normalized spacial score (nSPS) is 14.9. The van der Waals surface area contributed by atoms with Crippen molar-refractivity contribution in [3.8, 4) is 34.2 Å². The summed E-state index contributed by atoms with van der Waals surface area (Å²) in [5.41, 5.74) is 11.4. The molecular weight excluding hydrogens is 755 g/mol. The molecule has 5 nitrogen and oxygen atoms in total. The van der Waals surface area contributed by atoms with Crippen LogP contribution in [0.1, 0.15) is 12.2 Å². The van der Waals surface area contributed by atoms with E-state index in [2.05, 4.69) is 197 Å². The average Bonchev–Trinajstić information content (AvgIpc) is 3.83. The highest BCUT2D eigenvalue weighted by molar-refractivity contribution is 6.21. The first kappa shape index (κ1) is 34.7. The summed E-state index contributed by atoms with van der Waals surface area (Å²) in [6.45, 7) is 0. The van der Waals surface area contributed by atoms with Gasteiger partial charge in [-0.15, -0.1) is 0 Å². The van der Waals surface area contributed by atoms with Gasteiger partial charge < -0.3 is 9.13 Å². The Labute approximate surface area is 357 Å². The van der Waals surface area contributed by atoms with Gasteiger partial charge in [-0.05, 0) is 99.8 Å². The second-order valence-corrected chi connectivity index (χ2v) is 16.5. The van der Waals surface area contributed by atoms with Crippen molar-refractivity contribution >= 4 is 70.7 Å². The standard InChI is InChI=1S/C57H37N5/c1-3-14-37(15-4-1)55-58-56(43-25-23-36-13-7-8-16-38(36)29-43)60-57(59-55)44-26-24-42-31-46(28-27-41(42)30-44)62-51-22-12-11-21-47(51)49-34-50-48-32-39-17-9-10-18-40(39)33-52(48)61(54(50)35-53(49)62)45-19-5-2-6-20-45/h1-28,30-35,38H,29H2. The van der Waals surface area contributed by atoms with Gasteiger partial charge in [0.05, 0.1) is 22.1 Å². The number of aromatic nitrogens is 5. The molecule has 0 radical (unpaired) electrons. The molecule has 3 aromatic heterocycles. The Morgan fingerprint density at radius 3 is 1.89 bits per heavy atom. The fraction of sp³-hybridized carbons (Fsp3) is 0.0351. The van der Waals surface area contributed by atoms with E-state index in [4.69, 9.17) is 15.0 Å². The first-order chi connectivity index (χ1) is 30.7. The van der Waals surface area contributed by atoms with Gasteiger partial charge in [0.1, 0.15) is 0 Å². The third-order valence-electron chi connectivity index (χ3n) is 12.8. The van der Waals surface area contributed by atoms with Crippen molar-refractivity contribution < 1.29 is 0 Å². The average molecular weight is 792 g/mol. The van der Waals surface area contributed by atoms with Crippen LogP contribution < -0.4 is 0 Å². The SMILES string of the molecule is C1=CC2=CC=C(c3nc(-c4ccccc4)nc(-c4ccc5cc(-n6c7ccccc7c7cc8c9cc%10ccccc%10cc9n(-c9ccccc9)c8cc76)ccc5c4)n3)CC2C=C1. The Bertz CT molecular complexity index is 3770. The minimum absolute atomic E-state index is 0.324. The van der Waals surface area contributed by atoms with E-state index in [0.29, 0.717) is 17.6 Å². The van der Waals surface area contributed by atoms with Crippen LogP contribution in [0.15, 0.2) is 212 Å². The molecule has 3 heterocycles. The number of para-hydroxylation sites is 2. The molecule has 0 bridgehead atoms. The molecule has 2 aliphatic rings. The molecule has 0 fully saturated rings. The summed E-state index contributed by atoms with van der Waals surface area (Å²) >= 11 is 0. The first-order valence-corrected chi connectivity index (χ1v) is 21.3. The molecule has 1 unspecified atom stereocenters. The molecule has 0 saturated heterocycles. The summed E-state index contributed by atoms with van der Waals surface area (Å²) in [6.07, 6.45) is 13.9. The smallest absolute Gasteiger partial charge is 0.164 e. The molecule has 0 amide bonds. The van der Waals surface area contributed by atoms with E-state index in [0.717, 1.165) is 51.1 Å². The topological polar surface area (TPSA) is 48.5 Å². The Balaban J connectivity index is 0.968. The molecule has 0 aliphatic heterocycles. The molecule has 2 aliphatic carbocycles. The Hall–Kier alpha value is -8.15. The lowest BCUT2D eigenvalue weighted by atomic mass is 9.84. The molecule has 62 heavy (non-hydrogen) atoms. The summed E-state index contributed by atoms with van der Waals surface area (Å²) < 4.78 is 4.86. The molecule has 290 valence electrons. The molecule has 11 aromatic rings. The summed E-state index contributed by atoms with van der Waals surface area (Å²) in [5.74, 6) is 2.39. The van der Waals surface area contributed by atoms with E-state index < -0.39 is 0 Å². The number of benzene rings is 8. The predicted molar refractivity (Wildman–Crippen MR) is 257 cm³/mol. The number of fused-ring (bicyclic) bond motifs is 9. The zero-order valence-corrected chi connectivity index (χ0v) is 33.7. The van der Waals surface area contributed by atoms with Gasteiger partial charge in [-0.2, -0.15) is 0 Å². The number of hydrogen-bond donors (Lipinski definition) is 0. The van der Waals surface area contributed by atoms with Crippen molar-refractivity contribution in [2.24, 2.45) is 5.92 Å². The van der Waals surface area contributed by atoms with E-state index in [1.54, 1.807) is 0 Å². The maximum Gasteiger partial charge on any atom is 0.164 e. The van der Waals surface area contributed by atoms with Crippen molar-refractivity contribution in [1.82, 2.24) is 24.1 Å². The van der Waals surface area contributed by atoms with Crippen LogP contribution >= 0.6 is 0 Å². The minimum Gasteiger partial charge on any atom is -0.309 e. The quantitative estimate of drug-likeness (QED) is 0.174. The van der Waals surface area contributed by atoms with Crippen LogP contribution in [0.4, 0.5) is 0 Å². The van der Waals surface area contributed by atoms with Gasteiger partial charge in [-0.1, -0.05) is 146 Å². The number of hydrogen-bond acceptors (Lipinski definition) is 3. The highest BCUT2D eigenvalue weighted by Gasteiger charge is 2.23. The zero-order valence-electron chi connectivity index (χ0n) is 33.7. The molecule has 5 heteroatoms. The lowest BCUT2D eigenvalue weighted by molar-refractivity contribution is 0.784. The first-order valence-electron chi connectivity index (χ1n) is 21.3. The maximum atomic E-state index is 5.14. The van der Waals surface area contributed by atoms with Crippen molar-refractivity contribution in [2.75, 3.05) is 0 Å². The summed E-state index contributed by atoms with van der Waals surface area (Å²) in [6, 6.07) is 61.3. The fourth-order valence-electron chi connectivity index (χ4n) is 9.81. The van der Waals surface area contributed by atoms with E-state index in [-0.39, 0.29) is 0 Å². The van der Waals surface area contributed by atoms with Gasteiger partial charge in [-0.3, -0.25) is 0 Å². The second-order valence-electron chi connectivity index (χ2n) is 16.5. The molecule has 1 atom stereocenters. The largest absolute Gasteiger partial charge is 0.309 e. The summed E-state index contributed by atoms with van der Waals surface area (Å²) in [5, 5.41) is 9.72. The molecule has 0 N–H and O–H groups in total. The predicted octanol–water partition coefficient (Wildman–Crippen LogP) is 14.2. The van der Waals surface area contributed by atoms with Gasteiger partial charge in [0.2, 0.25) is 0 Å². The number of nitrogens with zero attached hydrogens (tertiary/aromatic N) is 5. The number of rotatable bonds is 5. The Morgan fingerprint density at radius 1 is 0.403 bits per heavy atom. The highest BCUT2D eigenvalue weighted by atomic mass is 15.0. The lowest BCUT2D eigenvalue weighted by Gasteiger charge is -2.22. The van der Waals surface area contributed by atoms with Crippen LogP contribution in [-0.2, 0) is 0 Å². The molecule has 13 rings (SSSR count). The van der Waals surface area contributed by atoms with Crippen molar-refractivity contribution in [3.05, 3.63) is 218 Å². The highest BCUT2D eigenvalue weighted by Crippen LogP contribution is 2.41. The molecule has 8 aromatic carbocycles. The minimum atomic E-state index is 0.324. The van der Waals surface area contributed by atoms with Gasteiger partial charge in [0.25, 0.3) is 0 Å². The molecule has 0 spiro atoms. The van der Waals surface area contributed by atoms with Gasteiger partial charge >= 0.3 is 0 Å². The van der Waals surface area contributed by atoms with Crippen molar-refractivity contribution in [1.29, 1.82) is 0 Å². The van der Waals surface area contributed by atoms with Gasteiger partial charge in [-0.25, -0.2) is 15.0 Å². The van der Waals surface area contributed by atoms with Crippen molar-refractivity contribution in [3.63, 3.8) is 0 Å². The number of allylic oxidation sites excluding steroid dienone is 8. The van der Waals surface area contributed by atoms with E-state index in [1.807, 2.05) is 18.2 Å². The fourth-order valence-corrected chi connectivity index (χ4v) is 9.81. The van der Waals surface area contributed by atoms with Gasteiger partial charge in [0.15, 0.2) is 17.5 Å². The summed E-state index contributed by atoms with van der Waals surface area (Å²) in [7, 11) is 0. The van der Waals surface area contributed by atoms with Crippen LogP contribution in [0.25, 0.3) is 105 Å². The van der Waals surface area contributed by atoms with E-state index >= 15 is 0 Å². The van der Waals surface area contributed by atoms with Crippen LogP contribution in [-0.4, -0.2) is 24.1 Å². The maximum absolute atomic E-state index is 5.14. The second kappa shape index (κ2) is 13.7. The zero-order chi connectivity index (χ0) is 40.7. The third kappa shape index (κ3) is 5.52. The van der Waals surface area contributed by atoms with Crippen LogP contribution in [0.5, 0.6) is 0 Å². The van der Waals surface area contributed by atoms with E-state index in [1.165, 1.54) is 60.0 Å². The van der Waals surface area contributed by atoms with Crippen LogP contribution in [0.2, 0.25) is 0 Å². The summed E-state index contributed by atoms with van der Waals surface area (Å²) in [4.78, 5) is 15.3. The lowest BCUT2D eigenvalue weighted by Crippen LogP contribution is -2.10.